The Balaban J connectivity index is 2.28. The van der Waals surface area contributed by atoms with Gasteiger partial charge in [-0.15, -0.1) is 0 Å². The lowest BCUT2D eigenvalue weighted by atomic mass is 10.2. The second-order valence-corrected chi connectivity index (χ2v) is 6.19. The SMILES string of the molecule is CS(=O)(=O)c1ccc(/C=C/c2occc(=O)c2O)cc1. The number of hydrogen-bond acceptors (Lipinski definition) is 5. The van der Waals surface area contributed by atoms with Crippen molar-refractivity contribution < 1.29 is 17.9 Å². The van der Waals surface area contributed by atoms with E-state index in [4.69, 9.17) is 4.42 Å². The number of hydrogen-bond donors (Lipinski definition) is 1. The van der Waals surface area contributed by atoms with Crippen LogP contribution in [0.2, 0.25) is 0 Å². The first-order valence-electron chi connectivity index (χ1n) is 5.67. The van der Waals surface area contributed by atoms with Gasteiger partial charge in [-0.3, -0.25) is 4.79 Å². The van der Waals surface area contributed by atoms with Crippen molar-refractivity contribution in [2.45, 2.75) is 4.90 Å². The van der Waals surface area contributed by atoms with Gasteiger partial charge in [0.15, 0.2) is 15.6 Å². The Labute approximate surface area is 115 Å². The molecule has 1 aromatic heterocycles. The van der Waals surface area contributed by atoms with Crippen LogP contribution in [-0.4, -0.2) is 19.8 Å². The topological polar surface area (TPSA) is 84.6 Å². The van der Waals surface area contributed by atoms with Gasteiger partial charge in [0.2, 0.25) is 11.2 Å². The van der Waals surface area contributed by atoms with Crippen LogP contribution < -0.4 is 5.43 Å². The fourth-order valence-corrected chi connectivity index (χ4v) is 2.17. The minimum atomic E-state index is -3.22. The molecule has 1 aromatic carbocycles. The molecule has 1 heterocycles. The summed E-state index contributed by atoms with van der Waals surface area (Å²) in [5, 5.41) is 9.49. The molecule has 0 aliphatic rings. The van der Waals surface area contributed by atoms with Crippen LogP contribution in [0.5, 0.6) is 5.75 Å². The van der Waals surface area contributed by atoms with Crippen LogP contribution in [0.4, 0.5) is 0 Å². The van der Waals surface area contributed by atoms with E-state index >= 15 is 0 Å². The van der Waals surface area contributed by atoms with Crippen molar-refractivity contribution >= 4 is 22.0 Å². The van der Waals surface area contributed by atoms with Crippen LogP contribution in [0, 0.1) is 0 Å². The maximum atomic E-state index is 11.3. The molecule has 0 radical (unpaired) electrons. The predicted octanol–water partition coefficient (Wildman–Crippen LogP) is 1.92. The first kappa shape index (κ1) is 14.1. The van der Waals surface area contributed by atoms with E-state index in [1.54, 1.807) is 18.2 Å². The van der Waals surface area contributed by atoms with Crippen LogP contribution in [0.1, 0.15) is 11.3 Å². The van der Waals surface area contributed by atoms with E-state index in [1.165, 1.54) is 24.5 Å². The lowest BCUT2D eigenvalue weighted by molar-refractivity contribution is 0.424. The van der Waals surface area contributed by atoms with Gasteiger partial charge >= 0.3 is 0 Å². The first-order valence-corrected chi connectivity index (χ1v) is 7.56. The number of benzene rings is 1. The van der Waals surface area contributed by atoms with E-state index in [2.05, 4.69) is 0 Å². The van der Waals surface area contributed by atoms with E-state index in [0.29, 0.717) is 5.56 Å². The van der Waals surface area contributed by atoms with Crippen molar-refractivity contribution in [1.29, 1.82) is 0 Å². The third-order valence-electron chi connectivity index (χ3n) is 2.62. The Kier molecular flexibility index (Phi) is 3.76. The van der Waals surface area contributed by atoms with Crippen molar-refractivity contribution in [3.05, 3.63) is 58.1 Å². The maximum Gasteiger partial charge on any atom is 0.227 e. The van der Waals surface area contributed by atoms with Gasteiger partial charge in [0.1, 0.15) is 0 Å². The average Bonchev–Trinajstić information content (AvgIpc) is 2.40. The van der Waals surface area contributed by atoms with Crippen molar-refractivity contribution in [1.82, 2.24) is 0 Å². The van der Waals surface area contributed by atoms with Crippen LogP contribution in [0.25, 0.3) is 12.2 Å². The number of aromatic hydroxyl groups is 1. The summed E-state index contributed by atoms with van der Waals surface area (Å²) in [7, 11) is -3.22. The van der Waals surface area contributed by atoms with Crippen LogP contribution in [-0.2, 0) is 9.84 Å². The summed E-state index contributed by atoms with van der Waals surface area (Å²) >= 11 is 0. The molecule has 6 heteroatoms. The Morgan fingerprint density at radius 1 is 1.10 bits per heavy atom. The second-order valence-electron chi connectivity index (χ2n) is 4.17. The van der Waals surface area contributed by atoms with Crippen LogP contribution in [0.3, 0.4) is 0 Å². The molecule has 2 aromatic rings. The quantitative estimate of drug-likeness (QED) is 0.934. The molecule has 0 spiro atoms. The molecule has 104 valence electrons. The standard InChI is InChI=1S/C14H12O5S/c1-20(17,18)11-5-2-10(3-6-11)4-7-13-14(16)12(15)8-9-19-13/h2-9,16H,1H3/b7-4+. The molecule has 20 heavy (non-hydrogen) atoms. The summed E-state index contributed by atoms with van der Waals surface area (Å²) in [6.45, 7) is 0. The highest BCUT2D eigenvalue weighted by Gasteiger charge is 2.06. The summed E-state index contributed by atoms with van der Waals surface area (Å²) in [4.78, 5) is 11.4. The summed E-state index contributed by atoms with van der Waals surface area (Å²) in [6.07, 6.45) is 5.36. The smallest absolute Gasteiger partial charge is 0.227 e. The molecule has 0 aliphatic heterocycles. The maximum absolute atomic E-state index is 11.3. The molecular formula is C14H12O5S. The monoisotopic (exact) mass is 292 g/mol. The number of rotatable bonds is 3. The van der Waals surface area contributed by atoms with Gasteiger partial charge in [-0.1, -0.05) is 18.2 Å². The zero-order valence-electron chi connectivity index (χ0n) is 10.6. The fourth-order valence-electron chi connectivity index (χ4n) is 1.54. The summed E-state index contributed by atoms with van der Waals surface area (Å²) < 4.78 is 27.6. The number of sulfone groups is 1. The Morgan fingerprint density at radius 2 is 1.75 bits per heavy atom. The third kappa shape index (κ3) is 3.16. The molecule has 0 aliphatic carbocycles. The van der Waals surface area contributed by atoms with E-state index in [1.807, 2.05) is 0 Å². The van der Waals surface area contributed by atoms with Gasteiger partial charge in [-0.2, -0.15) is 0 Å². The Morgan fingerprint density at radius 3 is 2.35 bits per heavy atom. The zero-order chi connectivity index (χ0) is 14.8. The molecule has 1 N–H and O–H groups in total. The predicted molar refractivity (Wildman–Crippen MR) is 75.1 cm³/mol. The first-order chi connectivity index (χ1) is 9.38. The minimum Gasteiger partial charge on any atom is -0.502 e. The molecule has 0 unspecified atom stereocenters. The molecule has 0 saturated carbocycles. The van der Waals surface area contributed by atoms with Gasteiger partial charge in [0, 0.05) is 12.3 Å². The van der Waals surface area contributed by atoms with Gasteiger partial charge in [-0.25, -0.2) is 8.42 Å². The average molecular weight is 292 g/mol. The van der Waals surface area contributed by atoms with E-state index in [0.717, 1.165) is 12.3 Å². The van der Waals surface area contributed by atoms with Gasteiger partial charge in [0.05, 0.1) is 11.2 Å². The van der Waals surface area contributed by atoms with Crippen molar-refractivity contribution in [2.24, 2.45) is 0 Å². The second kappa shape index (κ2) is 5.34. The van der Waals surface area contributed by atoms with Crippen LogP contribution in [0.15, 0.2) is 50.7 Å². The van der Waals surface area contributed by atoms with Gasteiger partial charge in [0.25, 0.3) is 0 Å². The summed E-state index contributed by atoms with van der Waals surface area (Å²) in [6, 6.07) is 7.32. The fraction of sp³-hybridized carbons (Fsp3) is 0.0714. The van der Waals surface area contributed by atoms with E-state index in [-0.39, 0.29) is 10.7 Å². The van der Waals surface area contributed by atoms with Crippen molar-refractivity contribution in [2.75, 3.05) is 6.26 Å². The lowest BCUT2D eigenvalue weighted by Crippen LogP contribution is -1.97. The lowest BCUT2D eigenvalue weighted by Gasteiger charge is -1.99. The van der Waals surface area contributed by atoms with Crippen molar-refractivity contribution in [3.8, 4) is 5.75 Å². The Bertz CT molecular complexity index is 798. The van der Waals surface area contributed by atoms with Crippen LogP contribution >= 0.6 is 0 Å². The third-order valence-corrected chi connectivity index (χ3v) is 3.75. The van der Waals surface area contributed by atoms with Crippen molar-refractivity contribution in [3.63, 3.8) is 0 Å². The largest absolute Gasteiger partial charge is 0.502 e. The molecule has 0 atom stereocenters. The molecular weight excluding hydrogens is 280 g/mol. The van der Waals surface area contributed by atoms with E-state index < -0.39 is 21.0 Å². The zero-order valence-corrected chi connectivity index (χ0v) is 11.4. The molecule has 5 nitrogen and oxygen atoms in total. The molecule has 0 amide bonds. The molecule has 0 bridgehead atoms. The minimum absolute atomic E-state index is 0.0460. The molecule has 0 fully saturated rings. The van der Waals surface area contributed by atoms with Gasteiger partial charge in [-0.05, 0) is 23.8 Å². The summed E-state index contributed by atoms with van der Waals surface area (Å²) in [5.74, 6) is -0.416. The highest BCUT2D eigenvalue weighted by molar-refractivity contribution is 7.90. The van der Waals surface area contributed by atoms with E-state index in [9.17, 15) is 18.3 Å². The Hall–Kier alpha value is -2.34. The van der Waals surface area contributed by atoms with Gasteiger partial charge < -0.3 is 9.52 Å². The highest BCUT2D eigenvalue weighted by Crippen LogP contribution is 2.16. The molecule has 0 saturated heterocycles. The highest BCUT2D eigenvalue weighted by atomic mass is 32.2. The normalized spacial score (nSPS) is 11.8. The molecule has 2 rings (SSSR count). The summed E-state index contributed by atoms with van der Waals surface area (Å²) in [5.41, 5.74) is 0.187.